The molecule has 1 aliphatic heterocycles. The molecule has 0 radical (unpaired) electrons. The van der Waals surface area contributed by atoms with Crippen molar-refractivity contribution in [1.29, 1.82) is 0 Å². The van der Waals surface area contributed by atoms with Crippen LogP contribution in [0.4, 0.5) is 0 Å². The standard InChI is InChI=1S/C16H26N2O2/c1-16(2,3)18-9-7-17(8-10-18)12-13-5-6-15(20-4)14(19)11-13/h5-6,11,19H,7-10,12H2,1-4H3. The van der Waals surface area contributed by atoms with Gasteiger partial charge in [0.25, 0.3) is 0 Å². The van der Waals surface area contributed by atoms with E-state index in [1.165, 1.54) is 0 Å². The number of phenolic OH excluding ortho intramolecular Hbond substituents is 1. The number of methoxy groups -OCH3 is 1. The zero-order valence-corrected chi connectivity index (χ0v) is 13.0. The summed E-state index contributed by atoms with van der Waals surface area (Å²) in [6, 6.07) is 5.65. The monoisotopic (exact) mass is 278 g/mol. The van der Waals surface area contributed by atoms with Crippen LogP contribution in [0.1, 0.15) is 26.3 Å². The van der Waals surface area contributed by atoms with E-state index in [4.69, 9.17) is 4.74 Å². The Morgan fingerprint density at radius 2 is 1.80 bits per heavy atom. The van der Waals surface area contributed by atoms with Crippen LogP contribution in [0.25, 0.3) is 0 Å². The largest absolute Gasteiger partial charge is 0.504 e. The molecule has 0 atom stereocenters. The Labute approximate surface area is 122 Å². The maximum Gasteiger partial charge on any atom is 0.160 e. The summed E-state index contributed by atoms with van der Waals surface area (Å²) >= 11 is 0. The molecule has 20 heavy (non-hydrogen) atoms. The molecule has 1 aliphatic rings. The minimum absolute atomic E-state index is 0.221. The second-order valence-electron chi connectivity index (χ2n) is 6.44. The molecule has 0 spiro atoms. The van der Waals surface area contributed by atoms with E-state index < -0.39 is 0 Å². The molecule has 0 aromatic heterocycles. The van der Waals surface area contributed by atoms with E-state index in [-0.39, 0.29) is 11.3 Å². The van der Waals surface area contributed by atoms with Crippen molar-refractivity contribution >= 4 is 0 Å². The van der Waals surface area contributed by atoms with Crippen LogP contribution in [0.5, 0.6) is 11.5 Å². The molecule has 0 amide bonds. The first kappa shape index (κ1) is 15.1. The van der Waals surface area contributed by atoms with E-state index in [9.17, 15) is 5.11 Å². The maximum absolute atomic E-state index is 9.82. The lowest BCUT2D eigenvalue weighted by Gasteiger charge is -2.42. The lowest BCUT2D eigenvalue weighted by atomic mass is 10.0. The lowest BCUT2D eigenvalue weighted by Crippen LogP contribution is -2.53. The molecular formula is C16H26N2O2. The molecular weight excluding hydrogens is 252 g/mol. The molecule has 4 heteroatoms. The van der Waals surface area contributed by atoms with Crippen molar-refractivity contribution in [3.63, 3.8) is 0 Å². The van der Waals surface area contributed by atoms with Crippen LogP contribution in [-0.2, 0) is 6.54 Å². The predicted molar refractivity (Wildman–Crippen MR) is 81.3 cm³/mol. The van der Waals surface area contributed by atoms with Crippen molar-refractivity contribution < 1.29 is 9.84 Å². The number of ether oxygens (including phenoxy) is 1. The first-order valence-corrected chi connectivity index (χ1v) is 7.23. The number of nitrogens with zero attached hydrogens (tertiary/aromatic N) is 2. The van der Waals surface area contributed by atoms with E-state index in [1.54, 1.807) is 13.2 Å². The Kier molecular flexibility index (Phi) is 4.55. The smallest absolute Gasteiger partial charge is 0.160 e. The Morgan fingerprint density at radius 1 is 1.15 bits per heavy atom. The van der Waals surface area contributed by atoms with E-state index in [0.29, 0.717) is 5.75 Å². The molecule has 0 bridgehead atoms. The highest BCUT2D eigenvalue weighted by Crippen LogP contribution is 2.27. The summed E-state index contributed by atoms with van der Waals surface area (Å²) in [5, 5.41) is 9.82. The summed E-state index contributed by atoms with van der Waals surface area (Å²) in [6.45, 7) is 12.0. The summed E-state index contributed by atoms with van der Waals surface area (Å²) in [6.07, 6.45) is 0. The second kappa shape index (κ2) is 6.02. The number of benzene rings is 1. The van der Waals surface area contributed by atoms with Gasteiger partial charge in [-0.25, -0.2) is 0 Å². The normalized spacial score (nSPS) is 18.2. The average Bonchev–Trinajstić information content (AvgIpc) is 2.38. The number of hydrogen-bond acceptors (Lipinski definition) is 4. The summed E-state index contributed by atoms with van der Waals surface area (Å²) in [7, 11) is 1.57. The van der Waals surface area contributed by atoms with Gasteiger partial charge in [-0.15, -0.1) is 0 Å². The van der Waals surface area contributed by atoms with Crippen LogP contribution >= 0.6 is 0 Å². The fourth-order valence-corrected chi connectivity index (χ4v) is 2.67. The number of aromatic hydroxyl groups is 1. The van der Waals surface area contributed by atoms with Gasteiger partial charge in [-0.2, -0.15) is 0 Å². The first-order valence-electron chi connectivity index (χ1n) is 7.23. The quantitative estimate of drug-likeness (QED) is 0.920. The van der Waals surface area contributed by atoms with Crippen LogP contribution in [0.3, 0.4) is 0 Å². The van der Waals surface area contributed by atoms with Gasteiger partial charge in [0.1, 0.15) is 0 Å². The summed E-state index contributed by atoms with van der Waals surface area (Å²) in [5.74, 6) is 0.754. The highest BCUT2D eigenvalue weighted by Gasteiger charge is 2.25. The van der Waals surface area contributed by atoms with Crippen LogP contribution in [0, 0.1) is 0 Å². The molecule has 1 saturated heterocycles. The van der Waals surface area contributed by atoms with E-state index in [1.807, 2.05) is 12.1 Å². The van der Waals surface area contributed by atoms with Gasteiger partial charge < -0.3 is 9.84 Å². The van der Waals surface area contributed by atoms with Crippen molar-refractivity contribution in [3.8, 4) is 11.5 Å². The average molecular weight is 278 g/mol. The van der Waals surface area contributed by atoms with Crippen molar-refractivity contribution in [2.24, 2.45) is 0 Å². The third kappa shape index (κ3) is 3.64. The molecule has 1 N–H and O–H groups in total. The highest BCUT2D eigenvalue weighted by atomic mass is 16.5. The van der Waals surface area contributed by atoms with Gasteiger partial charge >= 0.3 is 0 Å². The molecule has 0 aliphatic carbocycles. The molecule has 1 heterocycles. The van der Waals surface area contributed by atoms with Gasteiger partial charge in [0.05, 0.1) is 7.11 Å². The molecule has 1 aromatic carbocycles. The molecule has 0 saturated carbocycles. The third-order valence-corrected chi connectivity index (χ3v) is 3.97. The van der Waals surface area contributed by atoms with Crippen molar-refractivity contribution in [2.45, 2.75) is 32.9 Å². The first-order chi connectivity index (χ1) is 9.40. The minimum atomic E-state index is 0.221. The molecule has 1 fully saturated rings. The summed E-state index contributed by atoms with van der Waals surface area (Å²) in [4.78, 5) is 4.96. The maximum atomic E-state index is 9.82. The fraction of sp³-hybridized carbons (Fsp3) is 0.625. The lowest BCUT2D eigenvalue weighted by molar-refractivity contribution is 0.0591. The highest BCUT2D eigenvalue weighted by molar-refractivity contribution is 5.41. The Balaban J connectivity index is 1.91. The van der Waals surface area contributed by atoms with Gasteiger partial charge in [-0.05, 0) is 38.5 Å². The Bertz CT molecular complexity index is 446. The van der Waals surface area contributed by atoms with E-state index in [0.717, 1.165) is 38.3 Å². The van der Waals surface area contributed by atoms with Crippen LogP contribution < -0.4 is 4.74 Å². The number of hydrogen-bond donors (Lipinski definition) is 1. The number of rotatable bonds is 3. The predicted octanol–water partition coefficient (Wildman–Crippen LogP) is 2.32. The molecule has 4 nitrogen and oxygen atoms in total. The minimum Gasteiger partial charge on any atom is -0.504 e. The van der Waals surface area contributed by atoms with Crippen molar-refractivity contribution in [2.75, 3.05) is 33.3 Å². The van der Waals surface area contributed by atoms with Gasteiger partial charge in [0, 0.05) is 38.3 Å². The third-order valence-electron chi connectivity index (χ3n) is 3.97. The fourth-order valence-electron chi connectivity index (χ4n) is 2.67. The van der Waals surface area contributed by atoms with Crippen LogP contribution in [0.2, 0.25) is 0 Å². The SMILES string of the molecule is COc1ccc(CN2CCN(C(C)(C)C)CC2)cc1O. The van der Waals surface area contributed by atoms with Crippen molar-refractivity contribution in [1.82, 2.24) is 9.80 Å². The summed E-state index contributed by atoms with van der Waals surface area (Å²) in [5.41, 5.74) is 1.39. The van der Waals surface area contributed by atoms with Gasteiger partial charge in [0.2, 0.25) is 0 Å². The summed E-state index contributed by atoms with van der Waals surface area (Å²) < 4.78 is 5.07. The molecule has 112 valence electrons. The van der Waals surface area contributed by atoms with Crippen molar-refractivity contribution in [3.05, 3.63) is 23.8 Å². The second-order valence-corrected chi connectivity index (χ2v) is 6.44. The topological polar surface area (TPSA) is 35.9 Å². The van der Waals surface area contributed by atoms with Crippen LogP contribution in [-0.4, -0.2) is 53.7 Å². The van der Waals surface area contributed by atoms with Gasteiger partial charge in [0.15, 0.2) is 11.5 Å². The van der Waals surface area contributed by atoms with Gasteiger partial charge in [-0.3, -0.25) is 9.80 Å². The number of phenols is 1. The van der Waals surface area contributed by atoms with Gasteiger partial charge in [-0.1, -0.05) is 6.07 Å². The van der Waals surface area contributed by atoms with E-state index >= 15 is 0 Å². The molecule has 0 unspecified atom stereocenters. The molecule has 1 aromatic rings. The van der Waals surface area contributed by atoms with E-state index in [2.05, 4.69) is 30.6 Å². The molecule has 2 rings (SSSR count). The number of piperazine rings is 1. The zero-order valence-electron chi connectivity index (χ0n) is 13.0. The Hall–Kier alpha value is -1.26. The van der Waals surface area contributed by atoms with Crippen LogP contribution in [0.15, 0.2) is 18.2 Å². The Morgan fingerprint density at radius 3 is 2.30 bits per heavy atom. The zero-order chi connectivity index (χ0) is 14.8.